The number of fused-ring (bicyclic) bond motifs is 1. The third-order valence-electron chi connectivity index (χ3n) is 4.28. The second-order valence-electron chi connectivity index (χ2n) is 7.22. The van der Waals surface area contributed by atoms with E-state index in [4.69, 9.17) is 0 Å². The van der Waals surface area contributed by atoms with Crippen molar-refractivity contribution >= 4 is 17.3 Å². The molecule has 3 nitrogen and oxygen atoms in total. The van der Waals surface area contributed by atoms with Crippen molar-refractivity contribution in [2.45, 2.75) is 39.7 Å². The van der Waals surface area contributed by atoms with E-state index in [9.17, 15) is 4.79 Å². The number of aryl methyl sites for hydroxylation is 1. The highest BCUT2D eigenvalue weighted by molar-refractivity contribution is 5.94. The fraction of sp³-hybridized carbons (Fsp3) is 0.350. The second kappa shape index (κ2) is 6.07. The molecule has 120 valence electrons. The SMILES string of the molecule is CC(C)(C)C(=O)Nc1ccc2c(c1)CCC(c1ccccc1)N2. The van der Waals surface area contributed by atoms with Gasteiger partial charge in [0.1, 0.15) is 0 Å². The molecule has 0 saturated heterocycles. The van der Waals surface area contributed by atoms with Gasteiger partial charge in [-0.3, -0.25) is 4.79 Å². The number of amides is 1. The molecule has 0 aromatic heterocycles. The van der Waals surface area contributed by atoms with Gasteiger partial charge in [-0.05, 0) is 42.2 Å². The number of hydrogen-bond acceptors (Lipinski definition) is 2. The molecule has 0 bridgehead atoms. The summed E-state index contributed by atoms with van der Waals surface area (Å²) in [5.41, 5.74) is 4.25. The molecule has 2 N–H and O–H groups in total. The minimum atomic E-state index is -0.382. The predicted octanol–water partition coefficient (Wildman–Crippen LogP) is 4.77. The number of nitrogens with one attached hydrogen (secondary N) is 2. The molecule has 0 aliphatic carbocycles. The van der Waals surface area contributed by atoms with Crippen molar-refractivity contribution in [3.8, 4) is 0 Å². The molecule has 2 aromatic rings. The Morgan fingerprint density at radius 2 is 1.87 bits per heavy atom. The molecule has 1 unspecified atom stereocenters. The van der Waals surface area contributed by atoms with E-state index >= 15 is 0 Å². The summed E-state index contributed by atoms with van der Waals surface area (Å²) in [7, 11) is 0. The van der Waals surface area contributed by atoms with Crippen LogP contribution >= 0.6 is 0 Å². The Hall–Kier alpha value is -2.29. The summed E-state index contributed by atoms with van der Waals surface area (Å²) >= 11 is 0. The maximum Gasteiger partial charge on any atom is 0.229 e. The molecule has 1 aliphatic rings. The number of carbonyl (C=O) groups excluding carboxylic acids is 1. The van der Waals surface area contributed by atoms with Gasteiger partial charge in [0.15, 0.2) is 0 Å². The van der Waals surface area contributed by atoms with E-state index in [1.165, 1.54) is 16.8 Å². The van der Waals surface area contributed by atoms with E-state index in [2.05, 4.69) is 47.0 Å². The maximum absolute atomic E-state index is 12.1. The summed E-state index contributed by atoms with van der Waals surface area (Å²) in [4.78, 5) is 12.1. The highest BCUT2D eigenvalue weighted by atomic mass is 16.2. The first-order chi connectivity index (χ1) is 10.9. The lowest BCUT2D eigenvalue weighted by Gasteiger charge is -2.28. The molecular formula is C20H24N2O. The number of rotatable bonds is 2. The molecule has 0 fully saturated rings. The monoisotopic (exact) mass is 308 g/mol. The molecule has 0 radical (unpaired) electrons. The summed E-state index contributed by atoms with van der Waals surface area (Å²) in [5, 5.41) is 6.62. The minimum Gasteiger partial charge on any atom is -0.378 e. The molecule has 1 amide bonds. The molecular weight excluding hydrogens is 284 g/mol. The van der Waals surface area contributed by atoms with Crippen LogP contribution in [0.5, 0.6) is 0 Å². The average molecular weight is 308 g/mol. The van der Waals surface area contributed by atoms with Crippen molar-refractivity contribution in [3.05, 3.63) is 59.7 Å². The molecule has 3 heteroatoms. The van der Waals surface area contributed by atoms with Crippen LogP contribution in [0.25, 0.3) is 0 Å². The minimum absolute atomic E-state index is 0.0448. The smallest absolute Gasteiger partial charge is 0.229 e. The van der Waals surface area contributed by atoms with Crippen LogP contribution in [0.4, 0.5) is 11.4 Å². The van der Waals surface area contributed by atoms with Crippen molar-refractivity contribution in [1.82, 2.24) is 0 Å². The van der Waals surface area contributed by atoms with Gasteiger partial charge in [0.25, 0.3) is 0 Å². The van der Waals surface area contributed by atoms with E-state index in [1.807, 2.05) is 32.9 Å². The topological polar surface area (TPSA) is 41.1 Å². The molecule has 1 heterocycles. The number of carbonyl (C=O) groups is 1. The van der Waals surface area contributed by atoms with Crippen molar-refractivity contribution in [2.24, 2.45) is 5.41 Å². The van der Waals surface area contributed by atoms with Crippen LogP contribution in [0.15, 0.2) is 48.5 Å². The third-order valence-corrected chi connectivity index (χ3v) is 4.28. The van der Waals surface area contributed by atoms with E-state index in [0.717, 1.165) is 18.5 Å². The van der Waals surface area contributed by atoms with Crippen molar-refractivity contribution < 1.29 is 4.79 Å². The van der Waals surface area contributed by atoms with Gasteiger partial charge in [-0.1, -0.05) is 51.1 Å². The first kappa shape index (κ1) is 15.6. The normalized spacial score (nSPS) is 17.1. The molecule has 23 heavy (non-hydrogen) atoms. The van der Waals surface area contributed by atoms with Crippen LogP contribution in [-0.2, 0) is 11.2 Å². The quantitative estimate of drug-likeness (QED) is 0.839. The Morgan fingerprint density at radius 3 is 2.57 bits per heavy atom. The zero-order chi connectivity index (χ0) is 16.4. The highest BCUT2D eigenvalue weighted by Crippen LogP contribution is 2.34. The van der Waals surface area contributed by atoms with E-state index < -0.39 is 0 Å². The Bertz CT molecular complexity index is 701. The van der Waals surface area contributed by atoms with Gasteiger partial charge in [0.2, 0.25) is 5.91 Å². The van der Waals surface area contributed by atoms with Gasteiger partial charge in [0, 0.05) is 16.8 Å². The Labute approximate surface area is 138 Å². The molecule has 2 aromatic carbocycles. The van der Waals surface area contributed by atoms with Gasteiger partial charge >= 0.3 is 0 Å². The molecule has 0 saturated carbocycles. The molecule has 3 rings (SSSR count). The molecule has 0 spiro atoms. The molecule has 1 aliphatic heterocycles. The number of anilines is 2. The van der Waals surface area contributed by atoms with Gasteiger partial charge in [-0.15, -0.1) is 0 Å². The van der Waals surface area contributed by atoms with E-state index in [0.29, 0.717) is 6.04 Å². The zero-order valence-corrected chi connectivity index (χ0v) is 14.0. The standard InChI is InChI=1S/C20H24N2O/c1-20(2,3)19(23)21-16-10-12-18-15(13-16)9-11-17(22-18)14-7-5-4-6-8-14/h4-8,10,12-13,17,22H,9,11H2,1-3H3,(H,21,23). The van der Waals surface area contributed by atoms with Crippen LogP contribution < -0.4 is 10.6 Å². The summed E-state index contributed by atoms with van der Waals surface area (Å²) in [6.45, 7) is 5.77. The van der Waals surface area contributed by atoms with Gasteiger partial charge in [-0.2, -0.15) is 0 Å². The van der Waals surface area contributed by atoms with Crippen molar-refractivity contribution in [2.75, 3.05) is 10.6 Å². The van der Waals surface area contributed by atoms with Crippen LogP contribution in [0, 0.1) is 5.41 Å². The number of hydrogen-bond donors (Lipinski definition) is 2. The Balaban J connectivity index is 1.75. The summed E-state index contributed by atoms with van der Waals surface area (Å²) in [5.74, 6) is 0.0448. The summed E-state index contributed by atoms with van der Waals surface area (Å²) < 4.78 is 0. The lowest BCUT2D eigenvalue weighted by Crippen LogP contribution is -2.27. The van der Waals surface area contributed by atoms with E-state index in [-0.39, 0.29) is 11.3 Å². The first-order valence-electron chi connectivity index (χ1n) is 8.19. The Morgan fingerprint density at radius 1 is 1.13 bits per heavy atom. The Kier molecular flexibility index (Phi) is 4.12. The fourth-order valence-corrected chi connectivity index (χ4v) is 2.83. The van der Waals surface area contributed by atoms with E-state index in [1.54, 1.807) is 0 Å². The largest absolute Gasteiger partial charge is 0.378 e. The van der Waals surface area contributed by atoms with Gasteiger partial charge in [-0.25, -0.2) is 0 Å². The first-order valence-corrected chi connectivity index (χ1v) is 8.19. The van der Waals surface area contributed by atoms with Crippen LogP contribution in [0.1, 0.15) is 44.4 Å². The van der Waals surface area contributed by atoms with Crippen LogP contribution in [0.3, 0.4) is 0 Å². The summed E-state index contributed by atoms with van der Waals surface area (Å²) in [6, 6.07) is 17.0. The van der Waals surface area contributed by atoms with Gasteiger partial charge < -0.3 is 10.6 Å². The van der Waals surface area contributed by atoms with Crippen LogP contribution in [0.2, 0.25) is 0 Å². The lowest BCUT2D eigenvalue weighted by molar-refractivity contribution is -0.123. The fourth-order valence-electron chi connectivity index (χ4n) is 2.83. The summed E-state index contributed by atoms with van der Waals surface area (Å²) in [6.07, 6.45) is 2.08. The number of benzene rings is 2. The highest BCUT2D eigenvalue weighted by Gasteiger charge is 2.23. The maximum atomic E-state index is 12.1. The zero-order valence-electron chi connectivity index (χ0n) is 14.0. The lowest BCUT2D eigenvalue weighted by atomic mass is 9.92. The molecule has 1 atom stereocenters. The average Bonchev–Trinajstić information content (AvgIpc) is 2.54. The second-order valence-corrected chi connectivity index (χ2v) is 7.22. The van der Waals surface area contributed by atoms with Crippen molar-refractivity contribution in [3.63, 3.8) is 0 Å². The third kappa shape index (κ3) is 3.55. The van der Waals surface area contributed by atoms with Crippen LogP contribution in [-0.4, -0.2) is 5.91 Å². The van der Waals surface area contributed by atoms with Gasteiger partial charge in [0.05, 0.1) is 6.04 Å². The predicted molar refractivity (Wildman–Crippen MR) is 95.7 cm³/mol. The van der Waals surface area contributed by atoms with Crippen molar-refractivity contribution in [1.29, 1.82) is 0 Å².